The van der Waals surface area contributed by atoms with E-state index in [4.69, 9.17) is 16.3 Å². The molecule has 0 radical (unpaired) electrons. The van der Waals surface area contributed by atoms with Crippen LogP contribution in [-0.4, -0.2) is 17.5 Å². The van der Waals surface area contributed by atoms with Crippen LogP contribution in [0.1, 0.15) is 23.6 Å². The Morgan fingerprint density at radius 2 is 2.32 bits per heavy atom. The summed E-state index contributed by atoms with van der Waals surface area (Å²) in [6.07, 6.45) is 3.85. The molecule has 1 atom stereocenters. The molecule has 0 bridgehead atoms. The second kappa shape index (κ2) is 6.32. The third-order valence-corrected chi connectivity index (χ3v) is 3.91. The highest BCUT2D eigenvalue weighted by atomic mass is 35.5. The van der Waals surface area contributed by atoms with Crippen LogP contribution in [-0.2, 0) is 11.2 Å². The number of amides is 1. The number of hydrogen-bond acceptors (Lipinski definition) is 3. The molecule has 4 nitrogen and oxygen atoms in total. The van der Waals surface area contributed by atoms with E-state index in [-0.39, 0.29) is 24.1 Å². The van der Waals surface area contributed by atoms with Crippen molar-refractivity contribution < 1.29 is 13.9 Å². The van der Waals surface area contributed by atoms with E-state index in [1.807, 2.05) is 0 Å². The number of benzene rings is 1. The highest BCUT2D eigenvalue weighted by Gasteiger charge is 2.25. The molecule has 1 aliphatic rings. The standard InChI is InChI=1S/C16H14ClFN2O2/c17-12-9-19-6-4-10(12)8-15(21)20-14-5-7-22-16-11(14)2-1-3-13(16)18/h1-4,6,9,14H,5,7-8H2,(H,20,21)/t14-/m0/s1. The average molecular weight is 321 g/mol. The molecule has 3 rings (SSSR count). The highest BCUT2D eigenvalue weighted by Crippen LogP contribution is 2.34. The maximum absolute atomic E-state index is 13.7. The van der Waals surface area contributed by atoms with Crippen LogP contribution in [0.25, 0.3) is 0 Å². The fourth-order valence-electron chi connectivity index (χ4n) is 2.50. The predicted octanol–water partition coefficient (Wildman–Crippen LogP) is 3.06. The lowest BCUT2D eigenvalue weighted by molar-refractivity contribution is -0.121. The molecule has 1 aliphatic heterocycles. The summed E-state index contributed by atoms with van der Waals surface area (Å²) >= 11 is 6.00. The van der Waals surface area contributed by atoms with Gasteiger partial charge in [0.15, 0.2) is 11.6 Å². The van der Waals surface area contributed by atoms with Gasteiger partial charge in [-0.1, -0.05) is 23.7 Å². The number of halogens is 2. The zero-order chi connectivity index (χ0) is 15.5. The number of fused-ring (bicyclic) bond motifs is 1. The van der Waals surface area contributed by atoms with E-state index in [0.29, 0.717) is 29.2 Å². The zero-order valence-corrected chi connectivity index (χ0v) is 12.4. The summed E-state index contributed by atoms with van der Waals surface area (Å²) in [5.74, 6) is -0.357. The summed E-state index contributed by atoms with van der Waals surface area (Å²) in [5.41, 5.74) is 1.38. The molecule has 2 aromatic rings. The molecule has 0 saturated carbocycles. The van der Waals surface area contributed by atoms with Crippen molar-refractivity contribution in [3.63, 3.8) is 0 Å². The Morgan fingerprint density at radius 1 is 1.45 bits per heavy atom. The first-order chi connectivity index (χ1) is 10.6. The van der Waals surface area contributed by atoms with E-state index in [1.54, 1.807) is 24.4 Å². The first-order valence-corrected chi connectivity index (χ1v) is 7.32. The van der Waals surface area contributed by atoms with Crippen molar-refractivity contribution >= 4 is 17.5 Å². The maximum Gasteiger partial charge on any atom is 0.224 e. The summed E-state index contributed by atoms with van der Waals surface area (Å²) < 4.78 is 19.1. The van der Waals surface area contributed by atoms with Gasteiger partial charge in [0.25, 0.3) is 0 Å². The molecule has 0 saturated heterocycles. The molecule has 1 aromatic carbocycles. The molecule has 22 heavy (non-hydrogen) atoms. The largest absolute Gasteiger partial charge is 0.490 e. The molecule has 1 N–H and O–H groups in total. The van der Waals surface area contributed by atoms with Crippen molar-refractivity contribution in [2.75, 3.05) is 6.61 Å². The van der Waals surface area contributed by atoms with Gasteiger partial charge in [0.1, 0.15) is 0 Å². The number of nitrogens with one attached hydrogen (secondary N) is 1. The average Bonchev–Trinajstić information content (AvgIpc) is 2.51. The van der Waals surface area contributed by atoms with Gasteiger partial charge in [0.2, 0.25) is 5.91 Å². The Kier molecular flexibility index (Phi) is 4.24. The lowest BCUT2D eigenvalue weighted by atomic mass is 10.00. The summed E-state index contributed by atoms with van der Waals surface area (Å²) in [6, 6.07) is 6.18. The molecule has 0 unspecified atom stereocenters. The molecule has 0 aliphatic carbocycles. The van der Waals surface area contributed by atoms with Crippen molar-refractivity contribution in [1.29, 1.82) is 0 Å². The van der Waals surface area contributed by atoms with Crippen molar-refractivity contribution in [3.8, 4) is 5.75 Å². The first kappa shape index (κ1) is 14.8. The van der Waals surface area contributed by atoms with E-state index in [9.17, 15) is 9.18 Å². The quantitative estimate of drug-likeness (QED) is 0.945. The number of aromatic nitrogens is 1. The van der Waals surface area contributed by atoms with Crippen LogP contribution in [0.5, 0.6) is 5.75 Å². The fraction of sp³-hybridized carbons (Fsp3) is 0.250. The lowest BCUT2D eigenvalue weighted by Gasteiger charge is -2.27. The Labute approximate surface area is 132 Å². The van der Waals surface area contributed by atoms with Gasteiger partial charge in [-0.3, -0.25) is 9.78 Å². The smallest absolute Gasteiger partial charge is 0.224 e. The topological polar surface area (TPSA) is 51.2 Å². The first-order valence-electron chi connectivity index (χ1n) is 6.94. The van der Waals surface area contributed by atoms with Crippen molar-refractivity contribution in [2.45, 2.75) is 18.9 Å². The van der Waals surface area contributed by atoms with Crippen LogP contribution in [0.3, 0.4) is 0 Å². The zero-order valence-electron chi connectivity index (χ0n) is 11.7. The molecule has 0 fully saturated rings. The van der Waals surface area contributed by atoms with Gasteiger partial charge in [-0.05, 0) is 17.7 Å². The van der Waals surface area contributed by atoms with E-state index in [2.05, 4.69) is 10.3 Å². The summed E-state index contributed by atoms with van der Waals surface area (Å²) in [7, 11) is 0. The van der Waals surface area contributed by atoms with Crippen molar-refractivity contribution in [2.24, 2.45) is 0 Å². The predicted molar refractivity (Wildman–Crippen MR) is 80.3 cm³/mol. The Morgan fingerprint density at radius 3 is 3.14 bits per heavy atom. The molecule has 1 amide bonds. The Balaban J connectivity index is 1.74. The molecule has 0 spiro atoms. The maximum atomic E-state index is 13.7. The van der Waals surface area contributed by atoms with Crippen LogP contribution in [0.4, 0.5) is 4.39 Å². The summed E-state index contributed by atoms with van der Waals surface area (Å²) in [4.78, 5) is 16.1. The Hall–Kier alpha value is -2.14. The van der Waals surface area contributed by atoms with E-state index >= 15 is 0 Å². The number of pyridine rings is 1. The van der Waals surface area contributed by atoms with E-state index < -0.39 is 5.82 Å². The van der Waals surface area contributed by atoms with E-state index in [1.165, 1.54) is 12.3 Å². The van der Waals surface area contributed by atoms with Gasteiger partial charge < -0.3 is 10.1 Å². The second-order valence-electron chi connectivity index (χ2n) is 5.06. The lowest BCUT2D eigenvalue weighted by Crippen LogP contribution is -2.33. The number of hydrogen-bond donors (Lipinski definition) is 1. The number of nitrogens with zero attached hydrogens (tertiary/aromatic N) is 1. The monoisotopic (exact) mass is 320 g/mol. The number of carbonyl (C=O) groups is 1. The van der Waals surface area contributed by atoms with Gasteiger partial charge in [-0.2, -0.15) is 0 Å². The normalized spacial score (nSPS) is 16.5. The van der Waals surface area contributed by atoms with Crippen LogP contribution >= 0.6 is 11.6 Å². The summed E-state index contributed by atoms with van der Waals surface area (Å²) in [5, 5.41) is 3.37. The second-order valence-corrected chi connectivity index (χ2v) is 5.47. The molecule has 114 valence electrons. The minimum atomic E-state index is -0.409. The van der Waals surface area contributed by atoms with Gasteiger partial charge in [0.05, 0.1) is 24.1 Å². The highest BCUT2D eigenvalue weighted by molar-refractivity contribution is 6.31. The van der Waals surface area contributed by atoms with Crippen LogP contribution < -0.4 is 10.1 Å². The van der Waals surface area contributed by atoms with Crippen LogP contribution in [0.2, 0.25) is 5.02 Å². The number of para-hydroxylation sites is 1. The minimum absolute atomic E-state index is 0.156. The third kappa shape index (κ3) is 3.04. The van der Waals surface area contributed by atoms with Gasteiger partial charge >= 0.3 is 0 Å². The molecule has 1 aromatic heterocycles. The third-order valence-electron chi connectivity index (χ3n) is 3.57. The number of carbonyl (C=O) groups excluding carboxylic acids is 1. The van der Waals surface area contributed by atoms with E-state index in [0.717, 1.165) is 0 Å². The SMILES string of the molecule is O=C(Cc1ccncc1Cl)N[C@H]1CCOc2c(F)cccc21. The molecule has 6 heteroatoms. The molecular formula is C16H14ClFN2O2. The van der Waals surface area contributed by atoms with Gasteiger partial charge in [-0.15, -0.1) is 0 Å². The van der Waals surface area contributed by atoms with Crippen molar-refractivity contribution in [3.05, 3.63) is 58.6 Å². The molecule has 2 heterocycles. The minimum Gasteiger partial charge on any atom is -0.490 e. The summed E-state index contributed by atoms with van der Waals surface area (Å²) in [6.45, 7) is 0.370. The molecular weight excluding hydrogens is 307 g/mol. The van der Waals surface area contributed by atoms with Crippen molar-refractivity contribution in [1.82, 2.24) is 10.3 Å². The van der Waals surface area contributed by atoms with Gasteiger partial charge in [-0.25, -0.2) is 4.39 Å². The number of ether oxygens (including phenoxy) is 1. The fourth-order valence-corrected chi connectivity index (χ4v) is 2.69. The van der Waals surface area contributed by atoms with Crippen LogP contribution in [0, 0.1) is 5.82 Å². The van der Waals surface area contributed by atoms with Gasteiger partial charge in [0, 0.05) is 24.4 Å². The number of rotatable bonds is 3. The van der Waals surface area contributed by atoms with Crippen LogP contribution in [0.15, 0.2) is 36.7 Å². The Bertz CT molecular complexity index is 708.